The molecule has 0 aliphatic carbocycles. The summed E-state index contributed by atoms with van der Waals surface area (Å²) >= 11 is 1.70. The van der Waals surface area contributed by atoms with Crippen LogP contribution in [0.5, 0.6) is 0 Å². The molecule has 2 atom stereocenters. The summed E-state index contributed by atoms with van der Waals surface area (Å²) in [6.45, 7) is 5.96. The van der Waals surface area contributed by atoms with Crippen molar-refractivity contribution in [3.63, 3.8) is 0 Å². The second kappa shape index (κ2) is 12.4. The number of nitrogens with one attached hydrogen (secondary N) is 1. The van der Waals surface area contributed by atoms with Gasteiger partial charge in [0.15, 0.2) is 0 Å². The fraction of sp³-hybridized carbons (Fsp3) is 0.417. The van der Waals surface area contributed by atoms with Crippen molar-refractivity contribution in [1.29, 1.82) is 0 Å². The molecule has 30 heavy (non-hydrogen) atoms. The van der Waals surface area contributed by atoms with E-state index in [9.17, 15) is 14.0 Å². The Bertz CT molecular complexity index is 799. The summed E-state index contributed by atoms with van der Waals surface area (Å²) in [4.78, 5) is 27.2. The van der Waals surface area contributed by atoms with E-state index in [1.807, 2.05) is 32.0 Å². The zero-order valence-corrected chi connectivity index (χ0v) is 18.8. The van der Waals surface area contributed by atoms with Gasteiger partial charge in [0.1, 0.15) is 11.9 Å². The van der Waals surface area contributed by atoms with Crippen LogP contribution >= 0.6 is 11.8 Å². The molecule has 4 nitrogen and oxygen atoms in total. The summed E-state index contributed by atoms with van der Waals surface area (Å²) in [7, 11) is 0. The van der Waals surface area contributed by atoms with E-state index in [1.165, 1.54) is 17.7 Å². The zero-order chi connectivity index (χ0) is 21.9. The highest BCUT2D eigenvalue weighted by molar-refractivity contribution is 7.98. The SMILES string of the molecule is CC[C@@H](C)NC(=O)[C@H](C)N(Cc1ccc(F)cc1)C(=O)CCSCc1ccccc1. The van der Waals surface area contributed by atoms with Gasteiger partial charge < -0.3 is 10.2 Å². The first-order chi connectivity index (χ1) is 14.4. The molecule has 0 saturated heterocycles. The van der Waals surface area contributed by atoms with Crippen LogP contribution in [0.1, 0.15) is 44.7 Å². The van der Waals surface area contributed by atoms with E-state index in [0.717, 1.165) is 17.7 Å². The third-order valence-corrected chi connectivity index (χ3v) is 6.04. The van der Waals surface area contributed by atoms with Crippen LogP contribution in [-0.4, -0.2) is 34.6 Å². The molecule has 162 valence electrons. The topological polar surface area (TPSA) is 49.4 Å². The molecule has 2 aromatic rings. The van der Waals surface area contributed by atoms with Gasteiger partial charge in [-0.2, -0.15) is 11.8 Å². The Kier molecular flexibility index (Phi) is 9.87. The predicted octanol–water partition coefficient (Wildman–Crippen LogP) is 4.78. The van der Waals surface area contributed by atoms with Crippen molar-refractivity contribution < 1.29 is 14.0 Å². The molecule has 0 fully saturated rings. The number of carbonyl (C=O) groups is 2. The minimum Gasteiger partial charge on any atom is -0.352 e. The van der Waals surface area contributed by atoms with E-state index in [2.05, 4.69) is 17.4 Å². The van der Waals surface area contributed by atoms with E-state index in [4.69, 9.17) is 0 Å². The lowest BCUT2D eigenvalue weighted by molar-refractivity contribution is -0.140. The standard InChI is InChI=1S/C24H31FN2O2S/c1-4-18(2)26-24(29)19(3)27(16-20-10-12-22(25)13-11-20)23(28)14-15-30-17-21-8-6-5-7-9-21/h5-13,18-19H,4,14-17H2,1-3H3,(H,26,29)/t18-,19+/m1/s1. The van der Waals surface area contributed by atoms with Gasteiger partial charge in [-0.15, -0.1) is 0 Å². The first kappa shape index (κ1) is 23.9. The van der Waals surface area contributed by atoms with Gasteiger partial charge in [0.25, 0.3) is 0 Å². The zero-order valence-electron chi connectivity index (χ0n) is 17.9. The molecule has 0 spiro atoms. The molecule has 0 unspecified atom stereocenters. The Balaban J connectivity index is 2.00. The Hall–Kier alpha value is -2.34. The number of hydrogen-bond donors (Lipinski definition) is 1. The molecule has 6 heteroatoms. The number of amides is 2. The van der Waals surface area contributed by atoms with Crippen LogP contribution < -0.4 is 5.32 Å². The normalized spacial score (nSPS) is 12.8. The molecule has 0 saturated carbocycles. The van der Waals surface area contributed by atoms with Gasteiger partial charge in [-0.1, -0.05) is 49.4 Å². The predicted molar refractivity (Wildman–Crippen MR) is 122 cm³/mol. The maximum atomic E-state index is 13.2. The minimum atomic E-state index is -0.601. The van der Waals surface area contributed by atoms with Gasteiger partial charge in [0.2, 0.25) is 11.8 Å². The van der Waals surface area contributed by atoms with Gasteiger partial charge in [0, 0.05) is 30.5 Å². The molecule has 0 aromatic heterocycles. The van der Waals surface area contributed by atoms with E-state index in [0.29, 0.717) is 12.2 Å². The highest BCUT2D eigenvalue weighted by Crippen LogP contribution is 2.16. The maximum Gasteiger partial charge on any atom is 0.242 e. The van der Waals surface area contributed by atoms with Gasteiger partial charge in [-0.25, -0.2) is 4.39 Å². The summed E-state index contributed by atoms with van der Waals surface area (Å²) in [6.07, 6.45) is 1.17. The smallest absolute Gasteiger partial charge is 0.242 e. The summed E-state index contributed by atoms with van der Waals surface area (Å²) in [5.74, 6) is 0.948. The van der Waals surface area contributed by atoms with Crippen molar-refractivity contribution in [2.24, 2.45) is 0 Å². The molecular weight excluding hydrogens is 399 g/mol. The summed E-state index contributed by atoms with van der Waals surface area (Å²) in [6, 6.07) is 15.6. The maximum absolute atomic E-state index is 13.2. The number of hydrogen-bond acceptors (Lipinski definition) is 3. The van der Waals surface area contributed by atoms with Crippen LogP contribution in [0.3, 0.4) is 0 Å². The molecule has 2 aromatic carbocycles. The van der Waals surface area contributed by atoms with Gasteiger partial charge in [-0.3, -0.25) is 9.59 Å². The number of benzene rings is 2. The fourth-order valence-corrected chi connectivity index (χ4v) is 3.79. The summed E-state index contributed by atoms with van der Waals surface area (Å²) < 4.78 is 13.2. The monoisotopic (exact) mass is 430 g/mol. The summed E-state index contributed by atoms with van der Waals surface area (Å²) in [5, 5.41) is 2.95. The lowest BCUT2D eigenvalue weighted by atomic mass is 10.1. The van der Waals surface area contributed by atoms with Crippen LogP contribution in [0.2, 0.25) is 0 Å². The molecular formula is C24H31FN2O2S. The van der Waals surface area contributed by atoms with Crippen LogP contribution in [-0.2, 0) is 21.9 Å². The molecule has 2 amide bonds. The Morgan fingerprint density at radius 2 is 1.70 bits per heavy atom. The third-order valence-electron chi connectivity index (χ3n) is 5.01. The molecule has 0 aliphatic heterocycles. The molecule has 0 heterocycles. The Labute approximate surface area is 183 Å². The van der Waals surface area contributed by atoms with Crippen molar-refractivity contribution in [1.82, 2.24) is 10.2 Å². The molecule has 2 rings (SSSR count). The van der Waals surface area contributed by atoms with Crippen molar-refractivity contribution >= 4 is 23.6 Å². The van der Waals surface area contributed by atoms with Crippen molar-refractivity contribution in [3.8, 4) is 0 Å². The molecule has 1 N–H and O–H groups in total. The number of carbonyl (C=O) groups excluding carboxylic acids is 2. The Morgan fingerprint density at radius 3 is 2.33 bits per heavy atom. The van der Waals surface area contributed by atoms with Crippen LogP contribution in [0.4, 0.5) is 4.39 Å². The Morgan fingerprint density at radius 1 is 1.03 bits per heavy atom. The lowest BCUT2D eigenvalue weighted by Crippen LogP contribution is -2.49. The second-order valence-corrected chi connectivity index (χ2v) is 8.54. The number of nitrogens with zero attached hydrogens (tertiary/aromatic N) is 1. The summed E-state index contributed by atoms with van der Waals surface area (Å²) in [5.41, 5.74) is 2.02. The second-order valence-electron chi connectivity index (χ2n) is 7.43. The van der Waals surface area contributed by atoms with E-state index < -0.39 is 6.04 Å². The highest BCUT2D eigenvalue weighted by Gasteiger charge is 2.26. The molecule has 0 radical (unpaired) electrons. The highest BCUT2D eigenvalue weighted by atomic mass is 32.2. The van der Waals surface area contributed by atoms with Crippen molar-refractivity contribution in [2.75, 3.05) is 5.75 Å². The average molecular weight is 431 g/mol. The number of halogens is 1. The third kappa shape index (κ3) is 7.82. The first-order valence-corrected chi connectivity index (χ1v) is 11.5. The van der Waals surface area contributed by atoms with Crippen LogP contribution in [0, 0.1) is 5.82 Å². The first-order valence-electron chi connectivity index (χ1n) is 10.4. The molecule has 0 aliphatic rings. The van der Waals surface area contributed by atoms with Gasteiger partial charge >= 0.3 is 0 Å². The van der Waals surface area contributed by atoms with Crippen molar-refractivity contribution in [3.05, 3.63) is 71.5 Å². The number of thioether (sulfide) groups is 1. The largest absolute Gasteiger partial charge is 0.352 e. The van der Waals surface area contributed by atoms with Gasteiger partial charge in [0.05, 0.1) is 0 Å². The number of rotatable bonds is 11. The average Bonchev–Trinajstić information content (AvgIpc) is 2.76. The van der Waals surface area contributed by atoms with Gasteiger partial charge in [-0.05, 0) is 43.5 Å². The lowest BCUT2D eigenvalue weighted by Gasteiger charge is -2.29. The van der Waals surface area contributed by atoms with E-state index in [1.54, 1.807) is 35.7 Å². The fourth-order valence-electron chi connectivity index (χ4n) is 2.90. The molecule has 0 bridgehead atoms. The van der Waals surface area contributed by atoms with E-state index >= 15 is 0 Å². The van der Waals surface area contributed by atoms with Crippen LogP contribution in [0.25, 0.3) is 0 Å². The van der Waals surface area contributed by atoms with Crippen molar-refractivity contribution in [2.45, 2.75) is 58.0 Å². The minimum absolute atomic E-state index is 0.0455. The quantitative estimate of drug-likeness (QED) is 0.522. The van der Waals surface area contributed by atoms with Crippen LogP contribution in [0.15, 0.2) is 54.6 Å². The van der Waals surface area contributed by atoms with E-state index in [-0.39, 0.29) is 30.2 Å².